The number of hydrogen-bond acceptors (Lipinski definition) is 7. The summed E-state index contributed by atoms with van der Waals surface area (Å²) >= 11 is 0. The molecule has 7 heteroatoms. The highest BCUT2D eigenvalue weighted by atomic mass is 16.5. The Bertz CT molecular complexity index is 661. The maximum Gasteiger partial charge on any atom is 0.224 e. The summed E-state index contributed by atoms with van der Waals surface area (Å²) in [4.78, 5) is 18.0. The second-order valence-corrected chi connectivity index (χ2v) is 6.10. The van der Waals surface area contributed by atoms with Crippen LogP contribution in [0.15, 0.2) is 36.7 Å². The number of nitrogens with zero attached hydrogens (tertiary/aromatic N) is 5. The monoisotopic (exact) mass is 326 g/mol. The van der Waals surface area contributed by atoms with Crippen molar-refractivity contribution in [2.75, 3.05) is 54.5 Å². The zero-order valence-electron chi connectivity index (χ0n) is 13.6. The first-order valence-corrected chi connectivity index (χ1v) is 8.47. The van der Waals surface area contributed by atoms with Crippen LogP contribution in [0.5, 0.6) is 0 Å². The summed E-state index contributed by atoms with van der Waals surface area (Å²) in [6, 6.07) is 8.33. The van der Waals surface area contributed by atoms with E-state index >= 15 is 0 Å². The minimum Gasteiger partial charge on any atom is -0.378 e. The van der Waals surface area contributed by atoms with Crippen molar-refractivity contribution in [1.82, 2.24) is 15.0 Å². The van der Waals surface area contributed by atoms with Gasteiger partial charge in [0.25, 0.3) is 0 Å². The van der Waals surface area contributed by atoms with Gasteiger partial charge in [0.1, 0.15) is 11.6 Å². The van der Waals surface area contributed by atoms with Crippen LogP contribution in [-0.2, 0) is 4.74 Å². The number of morpholine rings is 1. The van der Waals surface area contributed by atoms with Gasteiger partial charge in [-0.25, -0.2) is 9.97 Å². The van der Waals surface area contributed by atoms with Crippen molar-refractivity contribution in [3.63, 3.8) is 0 Å². The van der Waals surface area contributed by atoms with Crippen molar-refractivity contribution in [3.8, 4) is 0 Å². The summed E-state index contributed by atoms with van der Waals surface area (Å²) in [6.45, 7) is 5.20. The highest BCUT2D eigenvalue weighted by Crippen LogP contribution is 2.20. The molecule has 126 valence electrons. The van der Waals surface area contributed by atoms with E-state index in [0.717, 1.165) is 57.4 Å². The second-order valence-electron chi connectivity index (χ2n) is 6.10. The van der Waals surface area contributed by atoms with E-state index in [1.54, 1.807) is 0 Å². The fraction of sp³-hybridized carbons (Fsp3) is 0.471. The molecule has 2 aromatic heterocycles. The zero-order chi connectivity index (χ0) is 16.2. The quantitative estimate of drug-likeness (QED) is 0.911. The number of rotatable bonds is 4. The Morgan fingerprint density at radius 1 is 0.958 bits per heavy atom. The van der Waals surface area contributed by atoms with Crippen LogP contribution in [0.2, 0.25) is 0 Å². The van der Waals surface area contributed by atoms with E-state index in [1.165, 1.54) is 0 Å². The molecule has 0 bridgehead atoms. The van der Waals surface area contributed by atoms with Crippen molar-refractivity contribution >= 4 is 17.6 Å². The van der Waals surface area contributed by atoms with Crippen LogP contribution < -0.4 is 15.1 Å². The average Bonchev–Trinajstić information content (AvgIpc) is 3.12. The second kappa shape index (κ2) is 7.00. The third-order valence-corrected chi connectivity index (χ3v) is 4.47. The van der Waals surface area contributed by atoms with Gasteiger partial charge in [-0.2, -0.15) is 4.98 Å². The predicted octanol–water partition coefficient (Wildman–Crippen LogP) is 1.40. The molecule has 2 saturated heterocycles. The molecule has 4 heterocycles. The minimum atomic E-state index is 0.340. The van der Waals surface area contributed by atoms with Crippen LogP contribution in [0, 0.1) is 0 Å². The summed E-state index contributed by atoms with van der Waals surface area (Å²) in [5, 5.41) is 3.47. The van der Waals surface area contributed by atoms with Crippen molar-refractivity contribution in [2.24, 2.45) is 0 Å². The van der Waals surface area contributed by atoms with Crippen molar-refractivity contribution < 1.29 is 4.74 Å². The molecule has 0 amide bonds. The minimum absolute atomic E-state index is 0.340. The first-order chi connectivity index (χ1) is 11.9. The van der Waals surface area contributed by atoms with Crippen LogP contribution in [-0.4, -0.2) is 60.4 Å². The number of aromatic nitrogens is 3. The molecule has 2 fully saturated rings. The molecule has 2 aromatic rings. The first-order valence-electron chi connectivity index (χ1n) is 8.47. The van der Waals surface area contributed by atoms with E-state index in [9.17, 15) is 0 Å². The lowest BCUT2D eigenvalue weighted by Gasteiger charge is -2.28. The summed E-state index contributed by atoms with van der Waals surface area (Å²) in [5.74, 6) is 2.70. The van der Waals surface area contributed by atoms with Gasteiger partial charge in [-0.15, -0.1) is 0 Å². The number of anilines is 3. The van der Waals surface area contributed by atoms with Gasteiger partial charge in [0.15, 0.2) is 0 Å². The molecule has 0 aromatic carbocycles. The molecule has 7 nitrogen and oxygen atoms in total. The van der Waals surface area contributed by atoms with Crippen LogP contribution in [0.3, 0.4) is 0 Å². The Morgan fingerprint density at radius 3 is 2.71 bits per heavy atom. The van der Waals surface area contributed by atoms with Gasteiger partial charge in [0, 0.05) is 44.6 Å². The van der Waals surface area contributed by atoms with Gasteiger partial charge in [-0.1, -0.05) is 6.07 Å². The third kappa shape index (κ3) is 3.41. The SMILES string of the molecule is c1ccc(N2CCC(Nc3nccc(N4CCOCC4)n3)C2)nc1. The molecular weight excluding hydrogens is 304 g/mol. The molecular formula is C17H22N6O. The molecule has 1 unspecified atom stereocenters. The largest absolute Gasteiger partial charge is 0.378 e. The molecule has 0 radical (unpaired) electrons. The lowest BCUT2D eigenvalue weighted by molar-refractivity contribution is 0.122. The third-order valence-electron chi connectivity index (χ3n) is 4.47. The summed E-state index contributed by atoms with van der Waals surface area (Å²) in [5.41, 5.74) is 0. The van der Waals surface area contributed by atoms with Gasteiger partial charge < -0.3 is 19.9 Å². The van der Waals surface area contributed by atoms with Gasteiger partial charge in [0.2, 0.25) is 5.95 Å². The van der Waals surface area contributed by atoms with Gasteiger partial charge in [-0.05, 0) is 24.6 Å². The normalized spacial score (nSPS) is 21.1. The van der Waals surface area contributed by atoms with Crippen molar-refractivity contribution in [1.29, 1.82) is 0 Å². The van der Waals surface area contributed by atoms with E-state index in [2.05, 4.69) is 36.1 Å². The molecule has 1 N–H and O–H groups in total. The highest BCUT2D eigenvalue weighted by Gasteiger charge is 2.24. The summed E-state index contributed by atoms with van der Waals surface area (Å²) in [6.07, 6.45) is 4.72. The Hall–Kier alpha value is -2.41. The van der Waals surface area contributed by atoms with Crippen molar-refractivity contribution in [3.05, 3.63) is 36.7 Å². The summed E-state index contributed by atoms with van der Waals surface area (Å²) < 4.78 is 5.40. The highest BCUT2D eigenvalue weighted by molar-refractivity contribution is 5.45. The molecule has 1 atom stereocenters. The topological polar surface area (TPSA) is 66.4 Å². The fourth-order valence-corrected chi connectivity index (χ4v) is 3.20. The van der Waals surface area contributed by atoms with Gasteiger partial charge in [0.05, 0.1) is 13.2 Å². The molecule has 4 rings (SSSR count). The smallest absolute Gasteiger partial charge is 0.224 e. The van der Waals surface area contributed by atoms with Crippen LogP contribution in [0.1, 0.15) is 6.42 Å². The Morgan fingerprint density at radius 2 is 1.88 bits per heavy atom. The van der Waals surface area contributed by atoms with Crippen LogP contribution in [0.25, 0.3) is 0 Å². The number of nitrogens with one attached hydrogen (secondary N) is 1. The fourth-order valence-electron chi connectivity index (χ4n) is 3.20. The lowest BCUT2D eigenvalue weighted by atomic mass is 10.3. The van der Waals surface area contributed by atoms with E-state index in [-0.39, 0.29) is 0 Å². The number of hydrogen-bond donors (Lipinski definition) is 1. The van der Waals surface area contributed by atoms with Crippen molar-refractivity contribution in [2.45, 2.75) is 12.5 Å². The standard InChI is InChI=1S/C17H22N6O/c1-2-6-18-15(3-1)23-8-5-14(13-23)20-17-19-7-4-16(21-17)22-9-11-24-12-10-22/h1-4,6-7,14H,5,8-13H2,(H,19,20,21). The molecule has 24 heavy (non-hydrogen) atoms. The average molecular weight is 326 g/mol. The Balaban J connectivity index is 1.39. The lowest BCUT2D eigenvalue weighted by Crippen LogP contribution is -2.37. The molecule has 2 aliphatic heterocycles. The first kappa shape index (κ1) is 15.1. The van der Waals surface area contributed by atoms with Crippen LogP contribution in [0.4, 0.5) is 17.6 Å². The maximum atomic E-state index is 5.40. The maximum absolute atomic E-state index is 5.40. The molecule has 0 spiro atoms. The number of ether oxygens (including phenoxy) is 1. The molecule has 0 saturated carbocycles. The van der Waals surface area contributed by atoms with Gasteiger partial charge >= 0.3 is 0 Å². The molecule has 0 aliphatic carbocycles. The summed E-state index contributed by atoms with van der Waals surface area (Å²) in [7, 11) is 0. The predicted molar refractivity (Wildman–Crippen MR) is 93.5 cm³/mol. The zero-order valence-corrected chi connectivity index (χ0v) is 13.6. The van der Waals surface area contributed by atoms with E-state index in [4.69, 9.17) is 4.74 Å². The van der Waals surface area contributed by atoms with E-state index < -0.39 is 0 Å². The van der Waals surface area contributed by atoms with E-state index in [1.807, 2.05) is 30.6 Å². The number of pyridine rings is 1. The Kier molecular flexibility index (Phi) is 4.42. The van der Waals surface area contributed by atoms with Gasteiger partial charge in [-0.3, -0.25) is 0 Å². The Labute approximate surface area is 141 Å². The molecule has 2 aliphatic rings. The van der Waals surface area contributed by atoms with Crippen LogP contribution >= 0.6 is 0 Å². The van der Waals surface area contributed by atoms with E-state index in [0.29, 0.717) is 12.0 Å².